The van der Waals surface area contributed by atoms with Crippen LogP contribution in [0.5, 0.6) is 0 Å². The Balaban J connectivity index is 2.11. The standard InChI is InChI=1S/C13H10N4O/c14-6-5-13(18)17-12-3-1-10(2-4-12)11-7-15-9-16-8-11/h1-4,7-9H,5H2,(H,17,18). The molecule has 0 bridgehead atoms. The van der Waals surface area contributed by atoms with E-state index in [9.17, 15) is 4.79 Å². The predicted octanol–water partition coefficient (Wildman–Crippen LogP) is 2.00. The van der Waals surface area contributed by atoms with E-state index in [4.69, 9.17) is 5.26 Å². The summed E-state index contributed by atoms with van der Waals surface area (Å²) in [5, 5.41) is 11.0. The number of rotatable bonds is 3. The number of anilines is 1. The number of benzene rings is 1. The molecule has 18 heavy (non-hydrogen) atoms. The van der Waals surface area contributed by atoms with E-state index in [1.165, 1.54) is 6.33 Å². The van der Waals surface area contributed by atoms with Gasteiger partial charge in [0.2, 0.25) is 5.91 Å². The summed E-state index contributed by atoms with van der Waals surface area (Å²) < 4.78 is 0. The van der Waals surface area contributed by atoms with Crippen molar-refractivity contribution < 1.29 is 4.79 Å². The summed E-state index contributed by atoms with van der Waals surface area (Å²) in [5.74, 6) is -0.312. The average molecular weight is 238 g/mol. The molecule has 0 unspecified atom stereocenters. The van der Waals surface area contributed by atoms with Crippen molar-refractivity contribution in [1.29, 1.82) is 5.26 Å². The minimum atomic E-state index is -0.312. The molecule has 0 spiro atoms. The Morgan fingerprint density at radius 1 is 1.17 bits per heavy atom. The first kappa shape index (κ1) is 11.7. The summed E-state index contributed by atoms with van der Waals surface area (Å²) in [4.78, 5) is 19.1. The Morgan fingerprint density at radius 3 is 2.44 bits per heavy atom. The molecular weight excluding hydrogens is 228 g/mol. The lowest BCUT2D eigenvalue weighted by molar-refractivity contribution is -0.115. The zero-order valence-electron chi connectivity index (χ0n) is 9.50. The van der Waals surface area contributed by atoms with Crippen molar-refractivity contribution in [2.75, 3.05) is 5.32 Å². The first-order valence-electron chi connectivity index (χ1n) is 5.32. The van der Waals surface area contributed by atoms with Crippen LogP contribution in [0.1, 0.15) is 6.42 Å². The van der Waals surface area contributed by atoms with Gasteiger partial charge in [-0.25, -0.2) is 9.97 Å². The van der Waals surface area contributed by atoms with Crippen LogP contribution in [0, 0.1) is 11.3 Å². The second-order valence-corrected chi connectivity index (χ2v) is 3.59. The highest BCUT2D eigenvalue weighted by atomic mass is 16.1. The lowest BCUT2D eigenvalue weighted by atomic mass is 10.1. The van der Waals surface area contributed by atoms with Gasteiger partial charge in [-0.3, -0.25) is 4.79 Å². The van der Waals surface area contributed by atoms with Crippen molar-refractivity contribution in [2.24, 2.45) is 0 Å². The van der Waals surface area contributed by atoms with Crippen molar-refractivity contribution in [3.8, 4) is 17.2 Å². The van der Waals surface area contributed by atoms with Crippen LogP contribution in [-0.2, 0) is 4.79 Å². The van der Waals surface area contributed by atoms with Crippen LogP contribution < -0.4 is 5.32 Å². The van der Waals surface area contributed by atoms with E-state index in [1.807, 2.05) is 12.1 Å². The Labute approximate surface area is 104 Å². The zero-order chi connectivity index (χ0) is 12.8. The van der Waals surface area contributed by atoms with Crippen molar-refractivity contribution in [3.05, 3.63) is 43.0 Å². The highest BCUT2D eigenvalue weighted by Gasteiger charge is 2.02. The molecule has 0 saturated carbocycles. The molecule has 1 amide bonds. The van der Waals surface area contributed by atoms with E-state index in [1.54, 1.807) is 30.6 Å². The quantitative estimate of drug-likeness (QED) is 0.886. The lowest BCUT2D eigenvalue weighted by Gasteiger charge is -2.04. The monoisotopic (exact) mass is 238 g/mol. The fourth-order valence-corrected chi connectivity index (χ4v) is 1.47. The summed E-state index contributed by atoms with van der Waals surface area (Å²) in [6.07, 6.45) is 4.76. The largest absolute Gasteiger partial charge is 0.325 e. The molecule has 0 aliphatic heterocycles. The van der Waals surface area contributed by atoms with Gasteiger partial charge in [0.1, 0.15) is 12.7 Å². The predicted molar refractivity (Wildman–Crippen MR) is 66.3 cm³/mol. The molecule has 0 radical (unpaired) electrons. The van der Waals surface area contributed by atoms with Crippen molar-refractivity contribution in [1.82, 2.24) is 9.97 Å². The SMILES string of the molecule is N#CCC(=O)Nc1ccc(-c2cncnc2)cc1. The van der Waals surface area contributed by atoms with Crippen molar-refractivity contribution in [2.45, 2.75) is 6.42 Å². The number of amides is 1. The van der Waals surface area contributed by atoms with Crippen LogP contribution in [0.25, 0.3) is 11.1 Å². The summed E-state index contributed by atoms with van der Waals surface area (Å²) in [5.41, 5.74) is 2.54. The van der Waals surface area contributed by atoms with Gasteiger partial charge in [-0.05, 0) is 17.7 Å². The number of carbonyl (C=O) groups is 1. The normalized spacial score (nSPS) is 9.50. The Hall–Kier alpha value is -2.74. The van der Waals surface area contributed by atoms with Crippen molar-refractivity contribution in [3.63, 3.8) is 0 Å². The molecule has 0 aliphatic carbocycles. The average Bonchev–Trinajstić information content (AvgIpc) is 2.41. The van der Waals surface area contributed by atoms with Crippen LogP contribution in [-0.4, -0.2) is 15.9 Å². The van der Waals surface area contributed by atoms with Crippen molar-refractivity contribution >= 4 is 11.6 Å². The van der Waals surface area contributed by atoms with Gasteiger partial charge in [0, 0.05) is 23.6 Å². The summed E-state index contributed by atoms with van der Waals surface area (Å²) in [7, 11) is 0. The molecule has 0 aliphatic rings. The molecule has 5 heteroatoms. The third kappa shape index (κ3) is 2.89. The third-order valence-electron chi connectivity index (χ3n) is 2.30. The summed E-state index contributed by atoms with van der Waals surface area (Å²) in [6.45, 7) is 0. The fraction of sp³-hybridized carbons (Fsp3) is 0.0769. The zero-order valence-corrected chi connectivity index (χ0v) is 9.50. The maximum Gasteiger partial charge on any atom is 0.238 e. The minimum Gasteiger partial charge on any atom is -0.325 e. The van der Waals surface area contributed by atoms with Gasteiger partial charge < -0.3 is 5.32 Å². The summed E-state index contributed by atoms with van der Waals surface area (Å²) in [6, 6.07) is 9.07. The highest BCUT2D eigenvalue weighted by molar-refractivity contribution is 5.92. The molecule has 1 aromatic carbocycles. The maximum atomic E-state index is 11.2. The van der Waals surface area contributed by atoms with E-state index in [2.05, 4.69) is 15.3 Å². The number of nitriles is 1. The van der Waals surface area contributed by atoms with Gasteiger partial charge in [0.25, 0.3) is 0 Å². The second kappa shape index (κ2) is 5.55. The van der Waals surface area contributed by atoms with E-state index >= 15 is 0 Å². The molecule has 0 saturated heterocycles. The third-order valence-corrected chi connectivity index (χ3v) is 2.30. The molecule has 2 rings (SSSR count). The topological polar surface area (TPSA) is 78.7 Å². The second-order valence-electron chi connectivity index (χ2n) is 3.59. The summed E-state index contributed by atoms with van der Waals surface area (Å²) >= 11 is 0. The molecule has 1 heterocycles. The molecule has 0 fully saturated rings. The molecule has 88 valence electrons. The number of carbonyl (C=O) groups excluding carboxylic acids is 1. The Morgan fingerprint density at radius 2 is 1.83 bits per heavy atom. The van der Waals surface area contributed by atoms with Crippen LogP contribution >= 0.6 is 0 Å². The van der Waals surface area contributed by atoms with Gasteiger partial charge >= 0.3 is 0 Å². The van der Waals surface area contributed by atoms with E-state index < -0.39 is 0 Å². The first-order valence-corrected chi connectivity index (χ1v) is 5.32. The van der Waals surface area contributed by atoms with Crippen LogP contribution in [0.2, 0.25) is 0 Å². The number of hydrogen-bond acceptors (Lipinski definition) is 4. The Kier molecular flexibility index (Phi) is 3.62. The first-order chi connectivity index (χ1) is 8.79. The highest BCUT2D eigenvalue weighted by Crippen LogP contribution is 2.19. The Bertz CT molecular complexity index is 572. The van der Waals surface area contributed by atoms with Gasteiger partial charge in [0.15, 0.2) is 0 Å². The maximum absolute atomic E-state index is 11.2. The van der Waals surface area contributed by atoms with E-state index in [0.717, 1.165) is 11.1 Å². The van der Waals surface area contributed by atoms with E-state index in [-0.39, 0.29) is 12.3 Å². The minimum absolute atomic E-state index is 0.145. The van der Waals surface area contributed by atoms with Crippen LogP contribution in [0.15, 0.2) is 43.0 Å². The number of hydrogen-bond donors (Lipinski definition) is 1. The molecule has 1 aromatic heterocycles. The number of nitrogens with one attached hydrogen (secondary N) is 1. The smallest absolute Gasteiger partial charge is 0.238 e. The van der Waals surface area contributed by atoms with Gasteiger partial charge in [-0.1, -0.05) is 12.1 Å². The molecule has 5 nitrogen and oxygen atoms in total. The number of aromatic nitrogens is 2. The fourth-order valence-electron chi connectivity index (χ4n) is 1.47. The molecular formula is C13H10N4O. The van der Waals surface area contributed by atoms with Crippen LogP contribution in [0.4, 0.5) is 5.69 Å². The molecule has 1 N–H and O–H groups in total. The number of nitrogens with zero attached hydrogens (tertiary/aromatic N) is 3. The van der Waals surface area contributed by atoms with Gasteiger partial charge in [-0.2, -0.15) is 5.26 Å². The van der Waals surface area contributed by atoms with E-state index in [0.29, 0.717) is 5.69 Å². The lowest BCUT2D eigenvalue weighted by Crippen LogP contribution is -2.09. The molecule has 0 atom stereocenters. The van der Waals surface area contributed by atoms with Crippen LogP contribution in [0.3, 0.4) is 0 Å². The molecule has 2 aromatic rings. The van der Waals surface area contributed by atoms with Gasteiger partial charge in [-0.15, -0.1) is 0 Å². The van der Waals surface area contributed by atoms with Gasteiger partial charge in [0.05, 0.1) is 6.07 Å².